The van der Waals surface area contributed by atoms with E-state index in [2.05, 4.69) is 53.6 Å². The van der Waals surface area contributed by atoms with Crippen LogP contribution in [0.5, 0.6) is 5.75 Å². The second-order valence-corrected chi connectivity index (χ2v) is 10.9. The molecule has 2 aliphatic carbocycles. The Morgan fingerprint density at radius 3 is 2.63 bits per heavy atom. The number of ketones is 1. The SMILES string of the molecule is CCN(CCCn1cc(C(=O)C2CC2)c2cccc(O)c21)C1CC(CCc2ccccc2)C[C@H]1C. The summed E-state index contributed by atoms with van der Waals surface area (Å²) in [4.78, 5) is 15.5. The van der Waals surface area contributed by atoms with Gasteiger partial charge in [0.1, 0.15) is 5.75 Å². The average Bonchev–Trinajstić information content (AvgIpc) is 3.56. The molecular weight excluding hydrogens is 432 g/mol. The van der Waals surface area contributed by atoms with Crippen molar-refractivity contribution in [1.29, 1.82) is 0 Å². The molecule has 3 atom stereocenters. The summed E-state index contributed by atoms with van der Waals surface area (Å²) in [6, 6.07) is 17.1. The summed E-state index contributed by atoms with van der Waals surface area (Å²) in [5, 5.41) is 11.5. The third-order valence-electron chi connectivity index (χ3n) is 8.43. The van der Waals surface area contributed by atoms with E-state index >= 15 is 0 Å². The lowest BCUT2D eigenvalue weighted by Gasteiger charge is -2.31. The van der Waals surface area contributed by atoms with E-state index in [0.717, 1.165) is 67.2 Å². The molecule has 186 valence electrons. The minimum Gasteiger partial charge on any atom is -0.506 e. The highest BCUT2D eigenvalue weighted by Crippen LogP contribution is 2.38. The van der Waals surface area contributed by atoms with Gasteiger partial charge in [-0.05, 0) is 75.0 Å². The van der Waals surface area contributed by atoms with Crippen molar-refractivity contribution >= 4 is 16.7 Å². The lowest BCUT2D eigenvalue weighted by Crippen LogP contribution is -2.38. The lowest BCUT2D eigenvalue weighted by molar-refractivity contribution is 0.0969. The molecule has 2 aliphatic rings. The van der Waals surface area contributed by atoms with Crippen LogP contribution >= 0.6 is 0 Å². The van der Waals surface area contributed by atoms with Crippen LogP contribution in [-0.4, -0.2) is 39.5 Å². The number of aromatic nitrogens is 1. The molecule has 0 aliphatic heterocycles. The molecule has 4 nitrogen and oxygen atoms in total. The second-order valence-electron chi connectivity index (χ2n) is 10.9. The second kappa shape index (κ2) is 10.6. The summed E-state index contributed by atoms with van der Waals surface area (Å²) < 4.78 is 2.12. The number of hydrogen-bond donors (Lipinski definition) is 1. The van der Waals surface area contributed by atoms with Crippen LogP contribution in [0.4, 0.5) is 0 Å². The Morgan fingerprint density at radius 2 is 1.89 bits per heavy atom. The monoisotopic (exact) mass is 472 g/mol. The fourth-order valence-electron chi connectivity index (χ4n) is 6.39. The number of aryl methyl sites for hydroxylation is 2. The largest absolute Gasteiger partial charge is 0.506 e. The summed E-state index contributed by atoms with van der Waals surface area (Å²) in [6.07, 6.45) is 10.1. The Labute approximate surface area is 209 Å². The maximum Gasteiger partial charge on any atom is 0.168 e. The average molecular weight is 473 g/mol. The van der Waals surface area contributed by atoms with Crippen LogP contribution in [-0.2, 0) is 13.0 Å². The topological polar surface area (TPSA) is 45.5 Å². The van der Waals surface area contributed by atoms with Gasteiger partial charge in [0.15, 0.2) is 5.78 Å². The van der Waals surface area contributed by atoms with Gasteiger partial charge in [-0.15, -0.1) is 0 Å². The van der Waals surface area contributed by atoms with E-state index in [4.69, 9.17) is 0 Å². The molecule has 0 radical (unpaired) electrons. The van der Waals surface area contributed by atoms with Crippen molar-refractivity contribution in [1.82, 2.24) is 9.47 Å². The molecular formula is C31H40N2O2. The number of fused-ring (bicyclic) bond motifs is 1. The number of rotatable bonds is 11. The van der Waals surface area contributed by atoms with Gasteiger partial charge in [0.25, 0.3) is 0 Å². The first-order chi connectivity index (χ1) is 17.0. The highest BCUT2D eigenvalue weighted by atomic mass is 16.3. The van der Waals surface area contributed by atoms with E-state index in [9.17, 15) is 9.90 Å². The van der Waals surface area contributed by atoms with E-state index in [-0.39, 0.29) is 17.5 Å². The molecule has 35 heavy (non-hydrogen) atoms. The smallest absolute Gasteiger partial charge is 0.168 e. The summed E-state index contributed by atoms with van der Waals surface area (Å²) in [7, 11) is 0. The molecule has 3 aromatic rings. The summed E-state index contributed by atoms with van der Waals surface area (Å²) in [6.45, 7) is 7.66. The molecule has 0 amide bonds. The zero-order valence-corrected chi connectivity index (χ0v) is 21.3. The van der Waals surface area contributed by atoms with E-state index < -0.39 is 0 Å². The number of carbonyl (C=O) groups excluding carboxylic acids is 1. The molecule has 2 unspecified atom stereocenters. The third-order valence-corrected chi connectivity index (χ3v) is 8.43. The van der Waals surface area contributed by atoms with Gasteiger partial charge in [0, 0.05) is 42.2 Å². The Balaban J connectivity index is 1.20. The van der Waals surface area contributed by atoms with Gasteiger partial charge in [-0.1, -0.05) is 56.3 Å². The van der Waals surface area contributed by atoms with Crippen molar-refractivity contribution in [2.45, 2.75) is 71.4 Å². The van der Waals surface area contributed by atoms with Gasteiger partial charge < -0.3 is 14.6 Å². The summed E-state index contributed by atoms with van der Waals surface area (Å²) in [5.41, 5.74) is 3.06. The molecule has 0 bridgehead atoms. The molecule has 2 aromatic carbocycles. The van der Waals surface area contributed by atoms with Crippen LogP contribution in [0.25, 0.3) is 10.9 Å². The summed E-state index contributed by atoms with van der Waals surface area (Å²) >= 11 is 0. The molecule has 2 fully saturated rings. The van der Waals surface area contributed by atoms with Crippen LogP contribution in [0.2, 0.25) is 0 Å². The van der Waals surface area contributed by atoms with E-state index in [0.29, 0.717) is 6.04 Å². The molecule has 0 saturated heterocycles. The van der Waals surface area contributed by atoms with Crippen LogP contribution in [0.1, 0.15) is 68.3 Å². The number of para-hydroxylation sites is 1. The van der Waals surface area contributed by atoms with Crippen LogP contribution in [0.3, 0.4) is 0 Å². The maximum atomic E-state index is 12.9. The highest BCUT2D eigenvalue weighted by Gasteiger charge is 2.34. The van der Waals surface area contributed by atoms with E-state index in [1.807, 2.05) is 18.3 Å². The van der Waals surface area contributed by atoms with Gasteiger partial charge >= 0.3 is 0 Å². The quantitative estimate of drug-likeness (QED) is 0.316. The first-order valence-corrected chi connectivity index (χ1v) is 13.7. The van der Waals surface area contributed by atoms with Crippen LogP contribution in [0, 0.1) is 17.8 Å². The minimum atomic E-state index is 0.186. The first-order valence-electron chi connectivity index (χ1n) is 13.7. The maximum absolute atomic E-state index is 12.9. The summed E-state index contributed by atoms with van der Waals surface area (Å²) in [5.74, 6) is 2.25. The van der Waals surface area contributed by atoms with Crippen LogP contribution < -0.4 is 0 Å². The number of phenolic OH excluding ortho intramolecular Hbond substituents is 1. The number of phenols is 1. The van der Waals surface area contributed by atoms with Crippen molar-refractivity contribution in [2.24, 2.45) is 17.8 Å². The number of nitrogens with zero attached hydrogens (tertiary/aromatic N) is 2. The van der Waals surface area contributed by atoms with Crippen molar-refractivity contribution < 1.29 is 9.90 Å². The predicted molar refractivity (Wildman–Crippen MR) is 143 cm³/mol. The van der Waals surface area contributed by atoms with Crippen molar-refractivity contribution in [3.05, 3.63) is 65.9 Å². The van der Waals surface area contributed by atoms with Gasteiger partial charge in [0.2, 0.25) is 0 Å². The van der Waals surface area contributed by atoms with Crippen LogP contribution in [0.15, 0.2) is 54.7 Å². The van der Waals surface area contributed by atoms with Gasteiger partial charge in [-0.3, -0.25) is 4.79 Å². The zero-order valence-electron chi connectivity index (χ0n) is 21.3. The molecule has 0 spiro atoms. The molecule has 4 heteroatoms. The van der Waals surface area contributed by atoms with Gasteiger partial charge in [-0.2, -0.15) is 0 Å². The number of aromatic hydroxyl groups is 1. The molecule has 2 saturated carbocycles. The fourth-order valence-corrected chi connectivity index (χ4v) is 6.39. The van der Waals surface area contributed by atoms with Gasteiger partial charge in [-0.25, -0.2) is 0 Å². The van der Waals surface area contributed by atoms with E-state index in [1.165, 1.54) is 31.2 Å². The number of carbonyl (C=O) groups is 1. The van der Waals surface area contributed by atoms with Crippen molar-refractivity contribution in [3.8, 4) is 5.75 Å². The Kier molecular flexibility index (Phi) is 7.29. The number of Topliss-reactive ketones (excluding diaryl/α,β-unsaturated/α-hetero) is 1. The Hall–Kier alpha value is -2.59. The normalized spacial score (nSPS) is 22.3. The minimum absolute atomic E-state index is 0.186. The zero-order chi connectivity index (χ0) is 24.4. The third kappa shape index (κ3) is 5.33. The molecule has 1 aromatic heterocycles. The van der Waals surface area contributed by atoms with Gasteiger partial charge in [0.05, 0.1) is 5.52 Å². The Morgan fingerprint density at radius 1 is 1.09 bits per heavy atom. The van der Waals surface area contributed by atoms with Crippen molar-refractivity contribution in [2.75, 3.05) is 13.1 Å². The number of hydrogen-bond acceptors (Lipinski definition) is 3. The highest BCUT2D eigenvalue weighted by molar-refractivity contribution is 6.10. The molecule has 1 N–H and O–H groups in total. The standard InChI is InChI=1S/C31H40N2O2/c1-3-32(28-20-24(19-22(28)2)14-13-23-9-5-4-6-10-23)17-8-18-33-21-27(31(35)25-15-16-25)26-11-7-12-29(34)30(26)33/h4-7,9-12,21-22,24-25,28,34H,3,8,13-20H2,1-2H3/t22-,24?,28?/m1/s1. The first kappa shape index (κ1) is 24.1. The lowest BCUT2D eigenvalue weighted by atomic mass is 9.97. The van der Waals surface area contributed by atoms with E-state index in [1.54, 1.807) is 6.07 Å². The molecule has 1 heterocycles. The fraction of sp³-hybridized carbons (Fsp3) is 0.516. The Bertz CT molecular complexity index is 1150. The number of benzene rings is 2. The molecule has 5 rings (SSSR count). The predicted octanol–water partition coefficient (Wildman–Crippen LogP) is 6.70. The van der Waals surface area contributed by atoms with Crippen molar-refractivity contribution in [3.63, 3.8) is 0 Å².